The van der Waals surface area contributed by atoms with Crippen LogP contribution in [0.3, 0.4) is 0 Å². The van der Waals surface area contributed by atoms with Crippen molar-refractivity contribution in [3.05, 3.63) is 0 Å². The maximum Gasteiger partial charge on any atom is 0.340 e. The Hall–Kier alpha value is -0.570. The molecule has 1 saturated heterocycles. The second-order valence-corrected chi connectivity index (χ2v) is 3.83. The largest absolute Gasteiger partial charge is 0.467 e. The fourth-order valence-corrected chi connectivity index (χ4v) is 2.31. The van der Waals surface area contributed by atoms with Gasteiger partial charge in [-0.05, 0) is 19.8 Å². The Balaban J connectivity index is 2.12. The summed E-state index contributed by atoms with van der Waals surface area (Å²) in [5.74, 6) is -0.218. The summed E-state index contributed by atoms with van der Waals surface area (Å²) in [7, 11) is 1.41. The van der Waals surface area contributed by atoms with Crippen LogP contribution in [0, 0.1) is 0 Å². The number of hydrogen-bond donors (Lipinski definition) is 0. The third kappa shape index (κ3) is 0.774. The molecule has 12 heavy (non-hydrogen) atoms. The Labute approximate surface area is 72.0 Å². The maximum atomic E-state index is 11.3. The van der Waals surface area contributed by atoms with Gasteiger partial charge in [0.15, 0.2) is 5.60 Å². The van der Waals surface area contributed by atoms with Crippen LogP contribution in [0.2, 0.25) is 0 Å². The molecule has 1 aliphatic heterocycles. The van der Waals surface area contributed by atoms with Gasteiger partial charge in [-0.1, -0.05) is 12.8 Å². The van der Waals surface area contributed by atoms with Gasteiger partial charge in [-0.25, -0.2) is 4.79 Å². The lowest BCUT2D eigenvalue weighted by molar-refractivity contribution is -0.146. The Morgan fingerprint density at radius 2 is 2.00 bits per heavy atom. The van der Waals surface area contributed by atoms with E-state index in [1.165, 1.54) is 20.0 Å². The zero-order chi connectivity index (χ0) is 8.82. The van der Waals surface area contributed by atoms with Gasteiger partial charge in [0, 0.05) is 0 Å². The average molecular weight is 170 g/mol. The zero-order valence-corrected chi connectivity index (χ0v) is 7.55. The van der Waals surface area contributed by atoms with E-state index in [0.29, 0.717) is 0 Å². The van der Waals surface area contributed by atoms with Crippen molar-refractivity contribution in [1.29, 1.82) is 0 Å². The first kappa shape index (κ1) is 8.05. The molecular weight excluding hydrogens is 156 g/mol. The Morgan fingerprint density at radius 1 is 1.42 bits per heavy atom. The Morgan fingerprint density at radius 3 is 2.50 bits per heavy atom. The number of carbonyl (C=O) groups excluding carboxylic acids is 1. The summed E-state index contributed by atoms with van der Waals surface area (Å²) >= 11 is 0. The van der Waals surface area contributed by atoms with Crippen molar-refractivity contribution in [2.45, 2.75) is 43.8 Å². The molecule has 2 rings (SSSR count). The fourth-order valence-electron chi connectivity index (χ4n) is 2.31. The van der Waals surface area contributed by atoms with Crippen molar-refractivity contribution in [1.82, 2.24) is 0 Å². The predicted molar refractivity (Wildman–Crippen MR) is 42.7 cm³/mol. The second kappa shape index (κ2) is 2.22. The SMILES string of the molecule is COC(=O)C1(C)OC12CCCC2. The molecule has 1 aliphatic carbocycles. The van der Waals surface area contributed by atoms with Gasteiger partial charge in [0.05, 0.1) is 7.11 Å². The maximum absolute atomic E-state index is 11.3. The summed E-state index contributed by atoms with van der Waals surface area (Å²) in [6.07, 6.45) is 4.37. The minimum Gasteiger partial charge on any atom is -0.467 e. The van der Waals surface area contributed by atoms with E-state index in [1.807, 2.05) is 6.92 Å². The van der Waals surface area contributed by atoms with Crippen LogP contribution in [0.15, 0.2) is 0 Å². The van der Waals surface area contributed by atoms with Crippen LogP contribution in [0.4, 0.5) is 0 Å². The summed E-state index contributed by atoms with van der Waals surface area (Å²) in [4.78, 5) is 11.3. The lowest BCUT2D eigenvalue weighted by Gasteiger charge is -2.07. The molecule has 1 heterocycles. The normalized spacial score (nSPS) is 36.8. The lowest BCUT2D eigenvalue weighted by atomic mass is 9.93. The van der Waals surface area contributed by atoms with Gasteiger partial charge >= 0.3 is 5.97 Å². The van der Waals surface area contributed by atoms with Gasteiger partial charge in [0.2, 0.25) is 0 Å². The average Bonchev–Trinajstić information content (AvgIpc) is 2.50. The van der Waals surface area contributed by atoms with Crippen molar-refractivity contribution >= 4 is 5.97 Å². The number of rotatable bonds is 1. The number of methoxy groups -OCH3 is 1. The van der Waals surface area contributed by atoms with Crippen molar-refractivity contribution in [3.63, 3.8) is 0 Å². The van der Waals surface area contributed by atoms with Gasteiger partial charge in [0.1, 0.15) is 5.60 Å². The van der Waals surface area contributed by atoms with Crippen molar-refractivity contribution in [2.75, 3.05) is 7.11 Å². The number of hydrogen-bond acceptors (Lipinski definition) is 3. The fraction of sp³-hybridized carbons (Fsp3) is 0.889. The quantitative estimate of drug-likeness (QED) is 0.439. The van der Waals surface area contributed by atoms with E-state index in [9.17, 15) is 4.79 Å². The minimum atomic E-state index is -0.627. The number of carbonyl (C=O) groups is 1. The van der Waals surface area contributed by atoms with Crippen LogP contribution in [-0.2, 0) is 14.3 Å². The molecule has 0 bridgehead atoms. The molecule has 2 aliphatic rings. The number of epoxide rings is 1. The minimum absolute atomic E-state index is 0.153. The van der Waals surface area contributed by atoms with Crippen molar-refractivity contribution in [2.24, 2.45) is 0 Å². The molecule has 0 amide bonds. The first-order valence-corrected chi connectivity index (χ1v) is 4.43. The van der Waals surface area contributed by atoms with Crippen LogP contribution in [0.1, 0.15) is 32.6 Å². The van der Waals surface area contributed by atoms with Crippen LogP contribution >= 0.6 is 0 Å². The molecule has 68 valence electrons. The summed E-state index contributed by atoms with van der Waals surface area (Å²) in [5.41, 5.74) is -0.779. The molecule has 1 saturated carbocycles. The van der Waals surface area contributed by atoms with Crippen LogP contribution in [0.5, 0.6) is 0 Å². The molecule has 0 aromatic carbocycles. The Kier molecular flexibility index (Phi) is 1.49. The summed E-state index contributed by atoms with van der Waals surface area (Å²) in [6.45, 7) is 1.84. The molecule has 0 aromatic rings. The van der Waals surface area contributed by atoms with Crippen LogP contribution in [-0.4, -0.2) is 24.3 Å². The molecule has 0 N–H and O–H groups in total. The third-order valence-corrected chi connectivity index (χ3v) is 3.21. The zero-order valence-electron chi connectivity index (χ0n) is 7.55. The van der Waals surface area contributed by atoms with E-state index in [2.05, 4.69) is 0 Å². The highest BCUT2D eigenvalue weighted by Gasteiger charge is 2.72. The predicted octanol–water partition coefficient (Wildman–Crippen LogP) is 1.26. The van der Waals surface area contributed by atoms with E-state index in [1.54, 1.807) is 0 Å². The summed E-state index contributed by atoms with van der Waals surface area (Å²) < 4.78 is 10.2. The Bertz CT molecular complexity index is 218. The lowest BCUT2D eigenvalue weighted by Crippen LogP contribution is -2.30. The van der Waals surface area contributed by atoms with E-state index in [4.69, 9.17) is 9.47 Å². The van der Waals surface area contributed by atoms with E-state index in [0.717, 1.165) is 12.8 Å². The highest BCUT2D eigenvalue weighted by atomic mass is 16.7. The van der Waals surface area contributed by atoms with Crippen molar-refractivity contribution < 1.29 is 14.3 Å². The molecule has 2 fully saturated rings. The summed E-state index contributed by atoms with van der Waals surface area (Å²) in [6, 6.07) is 0. The van der Waals surface area contributed by atoms with E-state index < -0.39 is 5.60 Å². The monoisotopic (exact) mass is 170 g/mol. The first-order valence-electron chi connectivity index (χ1n) is 4.43. The van der Waals surface area contributed by atoms with E-state index in [-0.39, 0.29) is 11.6 Å². The highest BCUT2D eigenvalue weighted by Crippen LogP contribution is 2.58. The number of ether oxygens (including phenoxy) is 2. The third-order valence-electron chi connectivity index (χ3n) is 3.21. The van der Waals surface area contributed by atoms with Gasteiger partial charge in [0.25, 0.3) is 0 Å². The molecule has 3 nitrogen and oxygen atoms in total. The molecule has 1 atom stereocenters. The van der Waals surface area contributed by atoms with Crippen LogP contribution < -0.4 is 0 Å². The summed E-state index contributed by atoms with van der Waals surface area (Å²) in [5, 5.41) is 0. The smallest absolute Gasteiger partial charge is 0.340 e. The molecule has 0 radical (unpaired) electrons. The van der Waals surface area contributed by atoms with Gasteiger partial charge in [-0.2, -0.15) is 0 Å². The first-order chi connectivity index (χ1) is 5.65. The van der Waals surface area contributed by atoms with Gasteiger partial charge in [-0.3, -0.25) is 0 Å². The van der Waals surface area contributed by atoms with Crippen molar-refractivity contribution in [3.8, 4) is 0 Å². The topological polar surface area (TPSA) is 38.8 Å². The highest BCUT2D eigenvalue weighted by molar-refractivity contribution is 5.84. The molecule has 0 aromatic heterocycles. The molecule has 1 unspecified atom stereocenters. The molecule has 3 heteroatoms. The molecular formula is C9H14O3. The van der Waals surface area contributed by atoms with Gasteiger partial charge < -0.3 is 9.47 Å². The standard InChI is InChI=1S/C9H14O3/c1-8(7(10)11-2)9(12-8)5-3-4-6-9/h3-6H2,1-2H3. The molecule has 1 spiro atoms. The van der Waals surface area contributed by atoms with E-state index >= 15 is 0 Å². The van der Waals surface area contributed by atoms with Gasteiger partial charge in [-0.15, -0.1) is 0 Å². The number of esters is 1. The van der Waals surface area contributed by atoms with Crippen LogP contribution in [0.25, 0.3) is 0 Å². The second-order valence-electron chi connectivity index (χ2n) is 3.83.